The average molecular weight is 161 g/mol. The first-order chi connectivity index (χ1) is 5.20. The Morgan fingerprint density at radius 3 is 2.64 bits per heavy atom. The summed E-state index contributed by atoms with van der Waals surface area (Å²) in [7, 11) is 1.28. The fourth-order valence-corrected chi connectivity index (χ4v) is 0.800. The van der Waals surface area contributed by atoms with Crippen LogP contribution in [-0.2, 0) is 14.3 Å². The third kappa shape index (κ3) is 2.45. The summed E-state index contributed by atoms with van der Waals surface area (Å²) in [5.74, 6) is -0.406. The molecule has 5 nitrogen and oxygen atoms in total. The molecule has 0 atom stereocenters. The third-order valence-corrected chi connectivity index (χ3v) is 1.39. The van der Waals surface area contributed by atoms with Gasteiger partial charge in [-0.3, -0.25) is 10.0 Å². The minimum Gasteiger partial charge on any atom is -0.350 e. The largest absolute Gasteiger partial charge is 0.350 e. The highest BCUT2D eigenvalue weighted by Gasteiger charge is 2.20. The molecule has 0 radical (unpaired) electrons. The zero-order valence-electron chi connectivity index (χ0n) is 6.32. The molecule has 0 spiro atoms. The van der Waals surface area contributed by atoms with Crippen LogP contribution in [0.25, 0.3) is 0 Å². The molecule has 0 aromatic rings. The van der Waals surface area contributed by atoms with Crippen molar-refractivity contribution in [3.8, 4) is 0 Å². The van der Waals surface area contributed by atoms with E-state index in [2.05, 4.69) is 0 Å². The van der Waals surface area contributed by atoms with Crippen molar-refractivity contribution in [3.63, 3.8) is 0 Å². The highest BCUT2D eigenvalue weighted by atomic mass is 16.7. The Morgan fingerprint density at radius 2 is 2.18 bits per heavy atom. The van der Waals surface area contributed by atoms with Crippen molar-refractivity contribution in [2.24, 2.45) is 0 Å². The van der Waals surface area contributed by atoms with Gasteiger partial charge in [0.1, 0.15) is 0 Å². The Morgan fingerprint density at radius 1 is 1.64 bits per heavy atom. The van der Waals surface area contributed by atoms with Crippen molar-refractivity contribution in [1.82, 2.24) is 5.06 Å². The monoisotopic (exact) mass is 161 g/mol. The molecule has 1 aliphatic heterocycles. The van der Waals surface area contributed by atoms with Crippen molar-refractivity contribution in [2.45, 2.75) is 12.7 Å². The first-order valence-corrected chi connectivity index (χ1v) is 3.39. The molecule has 0 saturated carbocycles. The molecule has 5 heteroatoms. The van der Waals surface area contributed by atoms with Crippen molar-refractivity contribution in [3.05, 3.63) is 0 Å². The van der Waals surface area contributed by atoms with E-state index in [4.69, 9.17) is 14.7 Å². The molecule has 0 aromatic carbocycles. The van der Waals surface area contributed by atoms with Crippen LogP contribution in [0.3, 0.4) is 0 Å². The van der Waals surface area contributed by atoms with Gasteiger partial charge in [-0.2, -0.15) is 0 Å². The van der Waals surface area contributed by atoms with E-state index in [0.29, 0.717) is 18.3 Å². The van der Waals surface area contributed by atoms with Crippen molar-refractivity contribution in [2.75, 3.05) is 20.3 Å². The fourth-order valence-electron chi connectivity index (χ4n) is 0.800. The number of amides is 1. The van der Waals surface area contributed by atoms with Gasteiger partial charge in [-0.1, -0.05) is 0 Å². The Bertz CT molecular complexity index is 142. The summed E-state index contributed by atoms with van der Waals surface area (Å²) in [5.41, 5.74) is 0. The molecule has 1 heterocycles. The molecular formula is C6H11NO4. The molecular weight excluding hydrogens is 150 g/mol. The molecule has 1 saturated heterocycles. The minimum atomic E-state index is -0.475. The van der Waals surface area contributed by atoms with Gasteiger partial charge in [0.25, 0.3) is 5.91 Å². The van der Waals surface area contributed by atoms with E-state index in [1.807, 2.05) is 0 Å². The van der Waals surface area contributed by atoms with Crippen LogP contribution in [0.1, 0.15) is 6.42 Å². The molecule has 0 aliphatic carbocycles. The van der Waals surface area contributed by atoms with Crippen LogP contribution in [0.4, 0.5) is 0 Å². The van der Waals surface area contributed by atoms with Gasteiger partial charge in [0, 0.05) is 7.05 Å². The summed E-state index contributed by atoms with van der Waals surface area (Å²) in [5, 5.41) is 9.19. The number of hydroxylamine groups is 2. The van der Waals surface area contributed by atoms with Gasteiger partial charge in [0.15, 0.2) is 6.29 Å². The predicted octanol–water partition coefficient (Wildman–Crippen LogP) is -0.403. The molecule has 64 valence electrons. The van der Waals surface area contributed by atoms with Crippen LogP contribution in [0, 0.1) is 0 Å². The van der Waals surface area contributed by atoms with Crippen LogP contribution < -0.4 is 0 Å². The van der Waals surface area contributed by atoms with Crippen molar-refractivity contribution in [1.29, 1.82) is 0 Å². The predicted molar refractivity (Wildman–Crippen MR) is 34.9 cm³/mol. The molecule has 0 aromatic heterocycles. The maximum atomic E-state index is 10.8. The lowest BCUT2D eigenvalue weighted by atomic mass is 10.4. The number of rotatable bonds is 2. The number of carbonyl (C=O) groups is 1. The van der Waals surface area contributed by atoms with Gasteiger partial charge in [0.2, 0.25) is 0 Å². The number of nitrogens with zero attached hydrogens (tertiary/aromatic N) is 1. The normalized spacial score (nSPS) is 18.7. The SMILES string of the molecule is CN(O)C(=O)CC1OCCO1. The standard InChI is InChI=1S/C6H11NO4/c1-7(9)5(8)4-6-10-2-3-11-6/h6,9H,2-4H2,1H3. The second kappa shape index (κ2) is 3.66. The van der Waals surface area contributed by atoms with Crippen LogP contribution in [0.15, 0.2) is 0 Å². The molecule has 11 heavy (non-hydrogen) atoms. The number of hydrogen-bond acceptors (Lipinski definition) is 4. The molecule has 1 aliphatic rings. The zero-order valence-corrected chi connectivity index (χ0v) is 6.32. The van der Waals surface area contributed by atoms with Crippen molar-refractivity contribution < 1.29 is 19.5 Å². The van der Waals surface area contributed by atoms with E-state index < -0.39 is 12.2 Å². The summed E-state index contributed by atoms with van der Waals surface area (Å²) < 4.78 is 9.99. The molecule has 1 amide bonds. The van der Waals surface area contributed by atoms with Gasteiger partial charge in [-0.15, -0.1) is 0 Å². The Labute approximate surface area is 64.5 Å². The van der Waals surface area contributed by atoms with Crippen LogP contribution in [0.2, 0.25) is 0 Å². The first kappa shape index (κ1) is 8.45. The van der Waals surface area contributed by atoms with E-state index >= 15 is 0 Å². The Hall–Kier alpha value is -0.650. The Kier molecular flexibility index (Phi) is 2.81. The van der Waals surface area contributed by atoms with E-state index in [9.17, 15) is 4.79 Å². The van der Waals surface area contributed by atoms with Gasteiger partial charge in [-0.25, -0.2) is 5.06 Å². The molecule has 1 fully saturated rings. The second-order valence-electron chi connectivity index (χ2n) is 2.29. The van der Waals surface area contributed by atoms with Crippen LogP contribution in [-0.4, -0.2) is 42.7 Å². The molecule has 1 N–H and O–H groups in total. The summed E-state index contributed by atoms with van der Waals surface area (Å²) in [6.45, 7) is 1.04. The van der Waals surface area contributed by atoms with Crippen LogP contribution in [0.5, 0.6) is 0 Å². The van der Waals surface area contributed by atoms with Crippen molar-refractivity contribution >= 4 is 5.91 Å². The average Bonchev–Trinajstić information content (AvgIpc) is 2.39. The zero-order chi connectivity index (χ0) is 8.27. The summed E-state index contributed by atoms with van der Waals surface area (Å²) in [6, 6.07) is 0. The summed E-state index contributed by atoms with van der Waals surface area (Å²) >= 11 is 0. The van der Waals surface area contributed by atoms with Gasteiger partial charge in [-0.05, 0) is 0 Å². The van der Waals surface area contributed by atoms with Gasteiger partial charge in [0.05, 0.1) is 19.6 Å². The smallest absolute Gasteiger partial charge is 0.250 e. The maximum Gasteiger partial charge on any atom is 0.250 e. The highest BCUT2D eigenvalue weighted by Crippen LogP contribution is 2.08. The second-order valence-corrected chi connectivity index (χ2v) is 2.29. The lowest BCUT2D eigenvalue weighted by molar-refractivity contribution is -0.166. The Balaban J connectivity index is 2.24. The summed E-state index contributed by atoms with van der Waals surface area (Å²) in [6.07, 6.45) is -0.399. The fraction of sp³-hybridized carbons (Fsp3) is 0.833. The van der Waals surface area contributed by atoms with Gasteiger partial charge >= 0.3 is 0 Å². The lowest BCUT2D eigenvalue weighted by Crippen LogP contribution is -2.27. The van der Waals surface area contributed by atoms with E-state index in [-0.39, 0.29) is 6.42 Å². The van der Waals surface area contributed by atoms with E-state index in [1.165, 1.54) is 7.05 Å². The van der Waals surface area contributed by atoms with Gasteiger partial charge < -0.3 is 9.47 Å². The first-order valence-electron chi connectivity index (χ1n) is 3.39. The quantitative estimate of drug-likeness (QED) is 0.442. The number of ether oxygens (including phenoxy) is 2. The minimum absolute atomic E-state index is 0.0764. The van der Waals surface area contributed by atoms with E-state index in [0.717, 1.165) is 0 Å². The topological polar surface area (TPSA) is 59.0 Å². The third-order valence-electron chi connectivity index (χ3n) is 1.39. The summed E-state index contributed by atoms with van der Waals surface area (Å²) in [4.78, 5) is 10.8. The molecule has 1 rings (SSSR count). The number of carbonyl (C=O) groups excluding carboxylic acids is 1. The molecule has 0 unspecified atom stereocenters. The maximum absolute atomic E-state index is 10.8. The van der Waals surface area contributed by atoms with Crippen LogP contribution >= 0.6 is 0 Å². The van der Waals surface area contributed by atoms with E-state index in [1.54, 1.807) is 0 Å². The molecule has 0 bridgehead atoms. The highest BCUT2D eigenvalue weighted by molar-refractivity contribution is 5.74. The lowest BCUT2D eigenvalue weighted by Gasteiger charge is -2.11. The number of hydrogen-bond donors (Lipinski definition) is 1.